The molecule has 6 nitrogen and oxygen atoms in total. The zero-order valence-corrected chi connectivity index (χ0v) is 5.79. The highest BCUT2D eigenvalue weighted by molar-refractivity contribution is 6.01. The van der Waals surface area contributed by atoms with Crippen LogP contribution >= 0.6 is 0 Å². The first-order valence-electron chi connectivity index (χ1n) is 2.97. The molecule has 1 heterocycles. The van der Waals surface area contributed by atoms with Crippen LogP contribution in [0.25, 0.3) is 0 Å². The van der Waals surface area contributed by atoms with Crippen molar-refractivity contribution in [2.45, 2.75) is 18.8 Å². The number of aliphatic hydroxyl groups excluding tert-OH is 1. The maximum absolute atomic E-state index is 10.8. The molecule has 0 aromatic heterocycles. The summed E-state index contributed by atoms with van der Waals surface area (Å²) in [5, 5.41) is 21.8. The van der Waals surface area contributed by atoms with Gasteiger partial charge in [0.2, 0.25) is 0 Å². The van der Waals surface area contributed by atoms with Gasteiger partial charge in [0.1, 0.15) is 0 Å². The monoisotopic (exact) mass is 160 g/mol. The van der Waals surface area contributed by atoms with Gasteiger partial charge in [0.15, 0.2) is 11.8 Å². The molecule has 1 rings (SSSR count). The molecule has 0 spiro atoms. The van der Waals surface area contributed by atoms with Crippen molar-refractivity contribution in [1.29, 1.82) is 0 Å². The molecule has 1 aliphatic rings. The minimum Gasteiger partial charge on any atom is -0.376 e. The number of hydrogen-bond acceptors (Lipinski definition) is 4. The number of imide groups is 1. The molecule has 6 heteroatoms. The second kappa shape index (κ2) is 2.18. The summed E-state index contributed by atoms with van der Waals surface area (Å²) in [5.41, 5.74) is -1.95. The average molecular weight is 160 g/mol. The van der Waals surface area contributed by atoms with E-state index < -0.39 is 23.8 Å². The first kappa shape index (κ1) is 7.96. The molecule has 1 saturated heterocycles. The number of rotatable bonds is 0. The SMILES string of the molecule is CC1(O)C(=O)NC(=O)NC1O. The van der Waals surface area contributed by atoms with Crippen LogP contribution in [0, 0.1) is 0 Å². The number of aliphatic hydroxyl groups is 2. The molecule has 0 radical (unpaired) electrons. The van der Waals surface area contributed by atoms with Gasteiger partial charge in [0, 0.05) is 0 Å². The van der Waals surface area contributed by atoms with Crippen molar-refractivity contribution in [2.75, 3.05) is 0 Å². The highest BCUT2D eigenvalue weighted by Crippen LogP contribution is 2.10. The lowest BCUT2D eigenvalue weighted by Crippen LogP contribution is -2.67. The van der Waals surface area contributed by atoms with E-state index in [9.17, 15) is 9.59 Å². The smallest absolute Gasteiger partial charge is 0.323 e. The van der Waals surface area contributed by atoms with Crippen molar-refractivity contribution in [1.82, 2.24) is 10.6 Å². The quantitative estimate of drug-likeness (QED) is 0.326. The van der Waals surface area contributed by atoms with E-state index in [1.807, 2.05) is 5.32 Å². The van der Waals surface area contributed by atoms with Gasteiger partial charge in [-0.3, -0.25) is 10.1 Å². The van der Waals surface area contributed by atoms with Crippen LogP contribution in [0.4, 0.5) is 4.79 Å². The number of nitrogens with one attached hydrogen (secondary N) is 2. The summed E-state index contributed by atoms with van der Waals surface area (Å²) in [5.74, 6) is -0.909. The molecule has 11 heavy (non-hydrogen) atoms. The molecular weight excluding hydrogens is 152 g/mol. The van der Waals surface area contributed by atoms with Crippen LogP contribution in [0.1, 0.15) is 6.92 Å². The number of hydrogen-bond donors (Lipinski definition) is 4. The Morgan fingerprint density at radius 1 is 1.55 bits per heavy atom. The Bertz CT molecular complexity index is 213. The van der Waals surface area contributed by atoms with Crippen molar-refractivity contribution in [3.8, 4) is 0 Å². The topological polar surface area (TPSA) is 98.7 Å². The van der Waals surface area contributed by atoms with Crippen molar-refractivity contribution >= 4 is 11.9 Å². The molecule has 1 fully saturated rings. The van der Waals surface area contributed by atoms with Crippen molar-refractivity contribution in [3.05, 3.63) is 0 Å². The van der Waals surface area contributed by atoms with E-state index in [0.717, 1.165) is 6.92 Å². The average Bonchev–Trinajstić information content (AvgIpc) is 1.84. The molecule has 62 valence electrons. The zero-order chi connectivity index (χ0) is 8.65. The zero-order valence-electron chi connectivity index (χ0n) is 5.79. The minimum atomic E-state index is -1.95. The summed E-state index contributed by atoms with van der Waals surface area (Å²) in [7, 11) is 0. The molecule has 4 N–H and O–H groups in total. The third-order valence-corrected chi connectivity index (χ3v) is 1.49. The van der Waals surface area contributed by atoms with Gasteiger partial charge in [-0.1, -0.05) is 0 Å². The lowest BCUT2D eigenvalue weighted by atomic mass is 10.0. The molecular formula is C5H8N2O4. The molecule has 0 aliphatic carbocycles. The van der Waals surface area contributed by atoms with Gasteiger partial charge in [-0.2, -0.15) is 0 Å². The van der Waals surface area contributed by atoms with Crippen LogP contribution in [0.5, 0.6) is 0 Å². The third kappa shape index (κ3) is 1.17. The fraction of sp³-hybridized carbons (Fsp3) is 0.600. The van der Waals surface area contributed by atoms with Gasteiger partial charge in [0.05, 0.1) is 0 Å². The van der Waals surface area contributed by atoms with E-state index in [1.54, 1.807) is 5.32 Å². The third-order valence-electron chi connectivity index (χ3n) is 1.49. The Labute approximate surface area is 62.2 Å². The fourth-order valence-electron chi connectivity index (χ4n) is 0.655. The van der Waals surface area contributed by atoms with Crippen LogP contribution in [-0.4, -0.2) is 34.0 Å². The van der Waals surface area contributed by atoms with Crippen LogP contribution in [0.3, 0.4) is 0 Å². The Balaban J connectivity index is 2.84. The summed E-state index contributed by atoms with van der Waals surface area (Å²) in [6, 6.07) is -0.811. The fourth-order valence-corrected chi connectivity index (χ4v) is 0.655. The molecule has 0 aromatic carbocycles. The van der Waals surface area contributed by atoms with E-state index >= 15 is 0 Å². The van der Waals surface area contributed by atoms with Gasteiger partial charge >= 0.3 is 6.03 Å². The summed E-state index contributed by atoms with van der Waals surface area (Å²) in [6.07, 6.45) is -1.55. The number of urea groups is 1. The van der Waals surface area contributed by atoms with Crippen molar-refractivity contribution in [2.24, 2.45) is 0 Å². The Hall–Kier alpha value is -1.14. The Kier molecular flexibility index (Phi) is 1.57. The second-order valence-electron chi connectivity index (χ2n) is 2.48. The van der Waals surface area contributed by atoms with Crippen LogP contribution in [0.2, 0.25) is 0 Å². The molecule has 0 bridgehead atoms. The van der Waals surface area contributed by atoms with E-state index in [-0.39, 0.29) is 0 Å². The maximum atomic E-state index is 10.8. The van der Waals surface area contributed by atoms with Crippen LogP contribution in [-0.2, 0) is 4.79 Å². The van der Waals surface area contributed by atoms with E-state index in [2.05, 4.69) is 0 Å². The Morgan fingerprint density at radius 2 is 2.09 bits per heavy atom. The van der Waals surface area contributed by atoms with E-state index in [0.29, 0.717) is 0 Å². The lowest BCUT2D eigenvalue weighted by molar-refractivity contribution is -0.153. The minimum absolute atomic E-state index is 0.811. The summed E-state index contributed by atoms with van der Waals surface area (Å²) in [6.45, 7) is 1.10. The highest BCUT2D eigenvalue weighted by Gasteiger charge is 2.44. The second-order valence-corrected chi connectivity index (χ2v) is 2.48. The summed E-state index contributed by atoms with van der Waals surface area (Å²) in [4.78, 5) is 21.2. The molecule has 0 aromatic rings. The largest absolute Gasteiger partial charge is 0.376 e. The molecule has 3 amide bonds. The van der Waals surface area contributed by atoms with Crippen LogP contribution < -0.4 is 10.6 Å². The molecule has 1 aliphatic heterocycles. The summed E-state index contributed by atoms with van der Waals surface area (Å²) < 4.78 is 0. The first-order valence-corrected chi connectivity index (χ1v) is 2.97. The van der Waals surface area contributed by atoms with Crippen molar-refractivity contribution < 1.29 is 19.8 Å². The first-order chi connectivity index (χ1) is 4.94. The van der Waals surface area contributed by atoms with Gasteiger partial charge in [-0.25, -0.2) is 4.79 Å². The number of amides is 3. The molecule has 2 atom stereocenters. The lowest BCUT2D eigenvalue weighted by Gasteiger charge is -2.32. The van der Waals surface area contributed by atoms with Crippen LogP contribution in [0.15, 0.2) is 0 Å². The van der Waals surface area contributed by atoms with Gasteiger partial charge < -0.3 is 15.5 Å². The summed E-state index contributed by atoms with van der Waals surface area (Å²) >= 11 is 0. The molecule has 0 saturated carbocycles. The predicted octanol–water partition coefficient (Wildman–Crippen LogP) is -2.10. The van der Waals surface area contributed by atoms with Gasteiger partial charge in [-0.15, -0.1) is 0 Å². The highest BCUT2D eigenvalue weighted by atomic mass is 16.4. The maximum Gasteiger partial charge on any atom is 0.323 e. The van der Waals surface area contributed by atoms with Crippen molar-refractivity contribution in [3.63, 3.8) is 0 Å². The predicted molar refractivity (Wildman–Crippen MR) is 33.3 cm³/mol. The number of carbonyl (C=O) groups excluding carboxylic acids is 2. The number of carbonyl (C=O) groups is 2. The Morgan fingerprint density at radius 3 is 2.55 bits per heavy atom. The van der Waals surface area contributed by atoms with E-state index in [1.165, 1.54) is 0 Å². The molecule has 2 unspecified atom stereocenters. The standard InChI is InChI=1S/C5H8N2O4/c1-5(11)2(8)6-4(10)7-3(5)9/h2,8,11H,1H3,(H2,6,7,9,10). The van der Waals surface area contributed by atoms with Gasteiger partial charge in [0.25, 0.3) is 5.91 Å². The normalized spacial score (nSPS) is 37.9. The van der Waals surface area contributed by atoms with E-state index in [4.69, 9.17) is 10.2 Å². The van der Waals surface area contributed by atoms with Gasteiger partial charge in [-0.05, 0) is 6.92 Å².